The van der Waals surface area contributed by atoms with Gasteiger partial charge in [0.15, 0.2) is 0 Å². The summed E-state index contributed by atoms with van der Waals surface area (Å²) >= 11 is 0. The topological polar surface area (TPSA) is 64.4 Å². The number of benzene rings is 1. The number of ether oxygens (including phenoxy) is 1. The van der Waals surface area contributed by atoms with E-state index in [1.54, 1.807) is 30.5 Å². The van der Waals surface area contributed by atoms with E-state index in [0.717, 1.165) is 18.8 Å². The Morgan fingerprint density at radius 3 is 2.86 bits per heavy atom. The number of carboxylic acids is 1. The molecule has 2 rings (SSSR count). The van der Waals surface area contributed by atoms with Crippen molar-refractivity contribution in [2.75, 3.05) is 6.61 Å². The van der Waals surface area contributed by atoms with Crippen molar-refractivity contribution in [2.24, 2.45) is 0 Å². The van der Waals surface area contributed by atoms with Gasteiger partial charge in [0.1, 0.15) is 17.1 Å². The molecular formula is C16H20N2O3. The van der Waals surface area contributed by atoms with Crippen molar-refractivity contribution in [2.45, 2.75) is 32.7 Å². The molecule has 5 nitrogen and oxygen atoms in total. The molecule has 2 aromatic rings. The number of rotatable bonds is 7. The molecule has 112 valence electrons. The van der Waals surface area contributed by atoms with Crippen LogP contribution in [-0.2, 0) is 6.54 Å². The summed E-state index contributed by atoms with van der Waals surface area (Å²) in [5, 5.41) is 9.08. The van der Waals surface area contributed by atoms with Crippen LogP contribution in [0.15, 0.2) is 36.7 Å². The van der Waals surface area contributed by atoms with Crippen LogP contribution in [-0.4, -0.2) is 27.2 Å². The highest BCUT2D eigenvalue weighted by atomic mass is 16.5. The average Bonchev–Trinajstić information content (AvgIpc) is 2.92. The zero-order valence-electron chi connectivity index (χ0n) is 12.3. The van der Waals surface area contributed by atoms with Gasteiger partial charge in [-0.2, -0.15) is 0 Å². The number of aromatic carboxylic acids is 1. The molecule has 0 aliphatic rings. The highest BCUT2D eigenvalue weighted by molar-refractivity contribution is 5.90. The molecule has 0 aliphatic heterocycles. The molecule has 0 amide bonds. The quantitative estimate of drug-likeness (QED) is 0.795. The number of carbonyl (C=O) groups is 1. The van der Waals surface area contributed by atoms with Gasteiger partial charge in [0.25, 0.3) is 0 Å². The number of aromatic nitrogens is 2. The predicted octanol–water partition coefficient (Wildman–Crippen LogP) is 3.17. The van der Waals surface area contributed by atoms with E-state index in [1.165, 1.54) is 0 Å². The first-order valence-electron chi connectivity index (χ1n) is 7.05. The number of para-hydroxylation sites is 1. The van der Waals surface area contributed by atoms with E-state index in [1.807, 2.05) is 6.20 Å². The fraction of sp³-hybridized carbons (Fsp3) is 0.375. The summed E-state index contributed by atoms with van der Waals surface area (Å²) in [6.45, 7) is 5.50. The molecule has 1 aromatic heterocycles. The molecule has 0 bridgehead atoms. The molecule has 1 heterocycles. The molecule has 0 unspecified atom stereocenters. The molecular weight excluding hydrogens is 268 g/mol. The second-order valence-corrected chi connectivity index (χ2v) is 5.14. The van der Waals surface area contributed by atoms with E-state index >= 15 is 0 Å². The van der Waals surface area contributed by atoms with Crippen molar-refractivity contribution in [1.82, 2.24) is 9.55 Å². The largest absolute Gasteiger partial charge is 0.493 e. The molecule has 1 aromatic carbocycles. The minimum absolute atomic E-state index is 0.197. The Hall–Kier alpha value is -2.30. The van der Waals surface area contributed by atoms with Crippen LogP contribution >= 0.6 is 0 Å². The summed E-state index contributed by atoms with van der Waals surface area (Å²) < 4.78 is 7.69. The van der Waals surface area contributed by atoms with Gasteiger partial charge in [-0.25, -0.2) is 9.78 Å². The fourth-order valence-electron chi connectivity index (χ4n) is 2.20. The van der Waals surface area contributed by atoms with Crippen molar-refractivity contribution in [3.05, 3.63) is 48.0 Å². The lowest BCUT2D eigenvalue weighted by Crippen LogP contribution is -2.09. The highest BCUT2D eigenvalue weighted by Crippen LogP contribution is 2.18. The molecule has 0 fully saturated rings. The highest BCUT2D eigenvalue weighted by Gasteiger charge is 2.10. The zero-order valence-corrected chi connectivity index (χ0v) is 12.3. The minimum Gasteiger partial charge on any atom is -0.493 e. The van der Waals surface area contributed by atoms with Gasteiger partial charge >= 0.3 is 5.97 Å². The van der Waals surface area contributed by atoms with Gasteiger partial charge in [-0.15, -0.1) is 0 Å². The summed E-state index contributed by atoms with van der Waals surface area (Å²) in [7, 11) is 0. The lowest BCUT2D eigenvalue weighted by atomic mass is 10.2. The van der Waals surface area contributed by atoms with E-state index in [9.17, 15) is 4.79 Å². The van der Waals surface area contributed by atoms with Gasteiger partial charge in [-0.3, -0.25) is 0 Å². The monoisotopic (exact) mass is 288 g/mol. The van der Waals surface area contributed by atoms with E-state index in [-0.39, 0.29) is 5.56 Å². The van der Waals surface area contributed by atoms with Crippen LogP contribution in [0, 0.1) is 0 Å². The normalized spacial score (nSPS) is 10.8. The van der Waals surface area contributed by atoms with Crippen molar-refractivity contribution < 1.29 is 14.6 Å². The minimum atomic E-state index is -0.970. The Balaban J connectivity index is 1.88. The number of carboxylic acid groups (broad SMARTS) is 1. The number of hydrogen-bond acceptors (Lipinski definition) is 3. The average molecular weight is 288 g/mol. The van der Waals surface area contributed by atoms with Gasteiger partial charge < -0.3 is 14.4 Å². The number of hydrogen-bond donors (Lipinski definition) is 1. The molecule has 0 aliphatic carbocycles. The summed E-state index contributed by atoms with van der Waals surface area (Å²) in [5.41, 5.74) is 0.197. The SMILES string of the molecule is CC(C)c1nccn1CCCOc1ccccc1C(=O)O. The van der Waals surface area contributed by atoms with Crippen molar-refractivity contribution in [3.8, 4) is 5.75 Å². The lowest BCUT2D eigenvalue weighted by Gasteiger charge is -2.12. The Labute approximate surface area is 124 Å². The third-order valence-corrected chi connectivity index (χ3v) is 3.18. The van der Waals surface area contributed by atoms with Crippen molar-refractivity contribution in [3.63, 3.8) is 0 Å². The van der Waals surface area contributed by atoms with Crippen molar-refractivity contribution >= 4 is 5.97 Å². The van der Waals surface area contributed by atoms with Crippen LogP contribution in [0.25, 0.3) is 0 Å². The molecule has 0 saturated carbocycles. The Kier molecular flexibility index (Phi) is 4.98. The van der Waals surface area contributed by atoms with Gasteiger partial charge in [0.05, 0.1) is 6.61 Å². The van der Waals surface area contributed by atoms with Crippen LogP contribution in [0.4, 0.5) is 0 Å². The predicted molar refractivity (Wildman–Crippen MR) is 79.8 cm³/mol. The number of aryl methyl sites for hydroxylation is 1. The van der Waals surface area contributed by atoms with Gasteiger partial charge in [-0.05, 0) is 18.6 Å². The van der Waals surface area contributed by atoms with Crippen LogP contribution in [0.2, 0.25) is 0 Å². The molecule has 0 radical (unpaired) electrons. The second-order valence-electron chi connectivity index (χ2n) is 5.14. The lowest BCUT2D eigenvalue weighted by molar-refractivity contribution is 0.0692. The molecule has 5 heteroatoms. The van der Waals surface area contributed by atoms with E-state index in [4.69, 9.17) is 9.84 Å². The first-order chi connectivity index (χ1) is 10.1. The molecule has 0 spiro atoms. The number of nitrogens with zero attached hydrogens (tertiary/aromatic N) is 2. The summed E-state index contributed by atoms with van der Waals surface area (Å²) in [4.78, 5) is 15.4. The zero-order chi connectivity index (χ0) is 15.2. The maximum Gasteiger partial charge on any atom is 0.339 e. The molecule has 0 atom stereocenters. The van der Waals surface area contributed by atoms with Gasteiger partial charge in [-0.1, -0.05) is 26.0 Å². The van der Waals surface area contributed by atoms with E-state index in [0.29, 0.717) is 18.3 Å². The second kappa shape index (κ2) is 6.92. The van der Waals surface area contributed by atoms with Gasteiger partial charge in [0.2, 0.25) is 0 Å². The van der Waals surface area contributed by atoms with Crippen LogP contribution in [0.3, 0.4) is 0 Å². The van der Waals surface area contributed by atoms with Crippen LogP contribution < -0.4 is 4.74 Å². The molecule has 1 N–H and O–H groups in total. The first-order valence-corrected chi connectivity index (χ1v) is 7.05. The fourth-order valence-corrected chi connectivity index (χ4v) is 2.20. The third kappa shape index (κ3) is 3.84. The summed E-state index contributed by atoms with van der Waals surface area (Å²) in [6, 6.07) is 6.69. The standard InChI is InChI=1S/C16H20N2O3/c1-12(2)15-17-8-10-18(15)9-5-11-21-14-7-4-3-6-13(14)16(19)20/h3-4,6-8,10,12H,5,9,11H2,1-2H3,(H,19,20). The third-order valence-electron chi connectivity index (χ3n) is 3.18. The maximum absolute atomic E-state index is 11.1. The summed E-state index contributed by atoms with van der Waals surface area (Å²) in [5.74, 6) is 0.886. The smallest absolute Gasteiger partial charge is 0.339 e. The summed E-state index contributed by atoms with van der Waals surface area (Å²) in [6.07, 6.45) is 4.56. The van der Waals surface area contributed by atoms with E-state index in [2.05, 4.69) is 23.4 Å². The Morgan fingerprint density at radius 1 is 1.38 bits per heavy atom. The van der Waals surface area contributed by atoms with Gasteiger partial charge in [0, 0.05) is 24.9 Å². The molecule has 0 saturated heterocycles. The Bertz CT molecular complexity index is 605. The molecule has 21 heavy (non-hydrogen) atoms. The van der Waals surface area contributed by atoms with Crippen LogP contribution in [0.5, 0.6) is 5.75 Å². The Morgan fingerprint density at radius 2 is 2.14 bits per heavy atom. The van der Waals surface area contributed by atoms with E-state index < -0.39 is 5.97 Å². The first kappa shape index (κ1) is 15.1. The van der Waals surface area contributed by atoms with Crippen LogP contribution in [0.1, 0.15) is 42.4 Å². The maximum atomic E-state index is 11.1. The number of imidazole rings is 1. The van der Waals surface area contributed by atoms with Crippen molar-refractivity contribution in [1.29, 1.82) is 0 Å².